The van der Waals surface area contributed by atoms with Gasteiger partial charge in [-0.3, -0.25) is 9.48 Å². The van der Waals surface area contributed by atoms with E-state index in [0.29, 0.717) is 6.04 Å². The molecule has 1 aromatic rings. The van der Waals surface area contributed by atoms with Crippen LogP contribution in [0.3, 0.4) is 0 Å². The highest BCUT2D eigenvalue weighted by Gasteiger charge is 2.21. The molecule has 0 atom stereocenters. The molecule has 2 rings (SSSR count). The number of carbonyl (C=O) groups is 1. The van der Waals surface area contributed by atoms with Crippen LogP contribution in [-0.4, -0.2) is 21.7 Å². The minimum absolute atomic E-state index is 0.0417. The zero-order valence-corrected chi connectivity index (χ0v) is 10.9. The van der Waals surface area contributed by atoms with Gasteiger partial charge in [0, 0.05) is 18.8 Å². The Morgan fingerprint density at radius 1 is 1.29 bits per heavy atom. The Hall–Kier alpha value is -1.32. The van der Waals surface area contributed by atoms with Crippen molar-refractivity contribution in [3.05, 3.63) is 17.0 Å². The largest absolute Gasteiger partial charge is 0.349 e. The summed E-state index contributed by atoms with van der Waals surface area (Å²) in [6, 6.07) is 0.357. The number of rotatable bonds is 2. The molecule has 4 heteroatoms. The Morgan fingerprint density at radius 2 is 1.94 bits per heavy atom. The molecule has 4 nitrogen and oxygen atoms in total. The number of nitrogens with one attached hydrogen (secondary N) is 1. The van der Waals surface area contributed by atoms with Gasteiger partial charge in [0.1, 0.15) is 0 Å². The van der Waals surface area contributed by atoms with Crippen LogP contribution in [0.25, 0.3) is 0 Å². The van der Waals surface area contributed by atoms with Gasteiger partial charge in [-0.1, -0.05) is 19.3 Å². The highest BCUT2D eigenvalue weighted by molar-refractivity contribution is 5.96. The first-order valence-electron chi connectivity index (χ1n) is 6.40. The molecule has 1 saturated carbocycles. The van der Waals surface area contributed by atoms with E-state index in [1.54, 1.807) is 4.68 Å². The molecule has 1 fully saturated rings. The van der Waals surface area contributed by atoms with E-state index in [2.05, 4.69) is 10.4 Å². The van der Waals surface area contributed by atoms with E-state index in [9.17, 15) is 4.79 Å². The van der Waals surface area contributed by atoms with Crippen LogP contribution in [0.5, 0.6) is 0 Å². The van der Waals surface area contributed by atoms with Crippen molar-refractivity contribution < 1.29 is 4.79 Å². The number of hydrogen-bond donors (Lipinski definition) is 1. The fourth-order valence-corrected chi connectivity index (χ4v) is 2.61. The van der Waals surface area contributed by atoms with Crippen molar-refractivity contribution in [1.82, 2.24) is 15.1 Å². The lowest BCUT2D eigenvalue weighted by Gasteiger charge is -2.22. The van der Waals surface area contributed by atoms with Gasteiger partial charge in [0.2, 0.25) is 0 Å². The number of carbonyl (C=O) groups excluding carboxylic acids is 1. The molecule has 17 heavy (non-hydrogen) atoms. The van der Waals surface area contributed by atoms with E-state index in [1.807, 2.05) is 20.9 Å². The minimum atomic E-state index is 0.0417. The van der Waals surface area contributed by atoms with E-state index >= 15 is 0 Å². The topological polar surface area (TPSA) is 46.9 Å². The zero-order valence-electron chi connectivity index (χ0n) is 10.9. The predicted molar refractivity (Wildman–Crippen MR) is 67.0 cm³/mol. The van der Waals surface area contributed by atoms with Crippen molar-refractivity contribution in [1.29, 1.82) is 0 Å². The third kappa shape index (κ3) is 2.51. The normalized spacial score (nSPS) is 17.1. The number of aryl methyl sites for hydroxylation is 2. The van der Waals surface area contributed by atoms with Crippen LogP contribution in [0.1, 0.15) is 53.8 Å². The molecule has 1 heterocycles. The monoisotopic (exact) mass is 235 g/mol. The molecule has 0 spiro atoms. The molecule has 1 amide bonds. The second-order valence-electron chi connectivity index (χ2n) is 4.98. The molecular formula is C13H21N3O. The summed E-state index contributed by atoms with van der Waals surface area (Å²) in [6.45, 7) is 3.83. The Labute approximate surface area is 102 Å². The minimum Gasteiger partial charge on any atom is -0.349 e. The molecule has 1 aliphatic carbocycles. The van der Waals surface area contributed by atoms with Crippen LogP contribution < -0.4 is 5.32 Å². The molecule has 0 aliphatic heterocycles. The first kappa shape index (κ1) is 12.1. The SMILES string of the molecule is Cc1nn(C)c(C)c1C(=O)NC1CCCCC1. The zero-order chi connectivity index (χ0) is 12.4. The quantitative estimate of drug-likeness (QED) is 0.853. The fraction of sp³-hybridized carbons (Fsp3) is 0.692. The van der Waals surface area contributed by atoms with Crippen LogP contribution in [0.15, 0.2) is 0 Å². The highest BCUT2D eigenvalue weighted by Crippen LogP contribution is 2.19. The molecule has 0 saturated heterocycles. The van der Waals surface area contributed by atoms with E-state index in [1.165, 1.54) is 19.3 Å². The summed E-state index contributed by atoms with van der Waals surface area (Å²) in [5.41, 5.74) is 2.51. The fourth-order valence-electron chi connectivity index (χ4n) is 2.61. The second-order valence-corrected chi connectivity index (χ2v) is 4.98. The van der Waals surface area contributed by atoms with E-state index in [0.717, 1.165) is 29.8 Å². The van der Waals surface area contributed by atoms with E-state index in [4.69, 9.17) is 0 Å². The first-order chi connectivity index (χ1) is 8.09. The predicted octanol–water partition coefficient (Wildman–Crippen LogP) is 2.10. The highest BCUT2D eigenvalue weighted by atomic mass is 16.1. The van der Waals surface area contributed by atoms with Crippen LogP contribution >= 0.6 is 0 Å². The van der Waals surface area contributed by atoms with Crippen LogP contribution in [0, 0.1) is 13.8 Å². The number of nitrogens with zero attached hydrogens (tertiary/aromatic N) is 2. The molecule has 1 aliphatic rings. The Bertz CT molecular complexity index is 417. The third-order valence-corrected chi connectivity index (χ3v) is 3.68. The van der Waals surface area contributed by atoms with E-state index in [-0.39, 0.29) is 5.91 Å². The molecule has 0 aromatic carbocycles. The molecule has 0 radical (unpaired) electrons. The Balaban J connectivity index is 2.08. The lowest BCUT2D eigenvalue weighted by molar-refractivity contribution is 0.0926. The summed E-state index contributed by atoms with van der Waals surface area (Å²) in [5.74, 6) is 0.0417. The van der Waals surface area contributed by atoms with Gasteiger partial charge in [-0.2, -0.15) is 5.10 Å². The third-order valence-electron chi connectivity index (χ3n) is 3.68. The Kier molecular flexibility index (Phi) is 3.50. The van der Waals surface area contributed by atoms with Gasteiger partial charge in [-0.15, -0.1) is 0 Å². The number of amides is 1. The average Bonchev–Trinajstić information content (AvgIpc) is 2.54. The number of hydrogen-bond acceptors (Lipinski definition) is 2. The van der Waals surface area contributed by atoms with Gasteiger partial charge in [-0.25, -0.2) is 0 Å². The van der Waals surface area contributed by atoms with Crippen molar-refractivity contribution in [2.75, 3.05) is 0 Å². The summed E-state index contributed by atoms with van der Waals surface area (Å²) in [7, 11) is 1.87. The first-order valence-corrected chi connectivity index (χ1v) is 6.40. The summed E-state index contributed by atoms with van der Waals surface area (Å²) in [5, 5.41) is 7.42. The molecule has 1 aromatic heterocycles. The maximum atomic E-state index is 12.2. The summed E-state index contributed by atoms with van der Waals surface area (Å²) >= 11 is 0. The van der Waals surface area contributed by atoms with Gasteiger partial charge < -0.3 is 5.32 Å². The van der Waals surface area contributed by atoms with Crippen LogP contribution in [0.2, 0.25) is 0 Å². The van der Waals surface area contributed by atoms with Crippen molar-refractivity contribution >= 4 is 5.91 Å². The average molecular weight is 235 g/mol. The molecule has 0 unspecified atom stereocenters. The second kappa shape index (κ2) is 4.90. The molecule has 94 valence electrons. The van der Waals surface area contributed by atoms with Gasteiger partial charge in [-0.05, 0) is 26.7 Å². The summed E-state index contributed by atoms with van der Waals surface area (Å²) < 4.78 is 1.77. The maximum absolute atomic E-state index is 12.2. The van der Waals surface area contributed by atoms with Gasteiger partial charge in [0.15, 0.2) is 0 Å². The summed E-state index contributed by atoms with van der Waals surface area (Å²) in [6.07, 6.45) is 6.00. The standard InChI is InChI=1S/C13H21N3O/c1-9-12(10(2)16(3)15-9)13(17)14-11-7-5-4-6-8-11/h11H,4-8H2,1-3H3,(H,14,17). The van der Waals surface area contributed by atoms with Crippen LogP contribution in [-0.2, 0) is 7.05 Å². The van der Waals surface area contributed by atoms with Crippen molar-refractivity contribution in [3.63, 3.8) is 0 Å². The van der Waals surface area contributed by atoms with Crippen molar-refractivity contribution in [2.24, 2.45) is 7.05 Å². The smallest absolute Gasteiger partial charge is 0.255 e. The summed E-state index contributed by atoms with van der Waals surface area (Å²) in [4.78, 5) is 12.2. The number of aromatic nitrogens is 2. The Morgan fingerprint density at radius 3 is 2.47 bits per heavy atom. The van der Waals surface area contributed by atoms with E-state index < -0.39 is 0 Å². The molecular weight excluding hydrogens is 214 g/mol. The molecule has 1 N–H and O–H groups in total. The van der Waals surface area contributed by atoms with Crippen LogP contribution in [0.4, 0.5) is 0 Å². The lowest BCUT2D eigenvalue weighted by Crippen LogP contribution is -2.36. The van der Waals surface area contributed by atoms with Gasteiger partial charge in [0.05, 0.1) is 11.3 Å². The lowest BCUT2D eigenvalue weighted by atomic mass is 9.95. The van der Waals surface area contributed by atoms with Crippen molar-refractivity contribution in [3.8, 4) is 0 Å². The van der Waals surface area contributed by atoms with Gasteiger partial charge >= 0.3 is 0 Å². The molecule has 0 bridgehead atoms. The maximum Gasteiger partial charge on any atom is 0.255 e. The van der Waals surface area contributed by atoms with Crippen molar-refractivity contribution in [2.45, 2.75) is 52.0 Å². The van der Waals surface area contributed by atoms with Gasteiger partial charge in [0.25, 0.3) is 5.91 Å².